The molecule has 9 unspecified atom stereocenters. The van der Waals surface area contributed by atoms with E-state index in [1.807, 2.05) is 6.92 Å². The fourth-order valence-electron chi connectivity index (χ4n) is 10.2. The van der Waals surface area contributed by atoms with Gasteiger partial charge < -0.3 is 34.6 Å². The zero-order chi connectivity index (χ0) is 28.1. The molecule has 0 spiro atoms. The van der Waals surface area contributed by atoms with E-state index in [1.165, 1.54) is 64.2 Å². The molecule has 0 aromatic heterocycles. The number of aliphatic hydroxyl groups is 4. The summed E-state index contributed by atoms with van der Waals surface area (Å²) >= 11 is 0. The third-order valence-corrected chi connectivity index (χ3v) is 12.3. The van der Waals surface area contributed by atoms with E-state index in [-0.39, 0.29) is 18.7 Å². The van der Waals surface area contributed by atoms with E-state index in [1.54, 1.807) is 0 Å². The van der Waals surface area contributed by atoms with Crippen LogP contribution in [0, 0.1) is 47.3 Å². The third-order valence-electron chi connectivity index (χ3n) is 12.3. The quantitative estimate of drug-likeness (QED) is 0.363. The Morgan fingerprint density at radius 3 is 2.30 bits per heavy atom. The van der Waals surface area contributed by atoms with E-state index in [0.717, 1.165) is 41.1 Å². The zero-order valence-electron chi connectivity index (χ0n) is 24.2. The largest absolute Gasteiger partial charge is 0.458 e. The minimum Gasteiger partial charge on any atom is -0.458 e. The molecule has 0 bridgehead atoms. The van der Waals surface area contributed by atoms with Crippen molar-refractivity contribution >= 4 is 5.97 Å². The monoisotopic (exact) mass is 562 g/mol. The molecule has 2 heterocycles. The SMILES string of the molecule is CC1=C(CO[C@@H]2O[C@H](CO)[C@@H](O)[C@H](O)[C@H]2O)C(=O)OC(C(C)C2CCC3C2CCC2C4CCCCC4CCC23)C1. The number of carbonyl (C=O) groups is 1. The van der Waals surface area contributed by atoms with Gasteiger partial charge in [-0.3, -0.25) is 0 Å². The van der Waals surface area contributed by atoms with Gasteiger partial charge in [-0.2, -0.15) is 0 Å². The number of hydrogen-bond acceptors (Lipinski definition) is 8. The fourth-order valence-corrected chi connectivity index (χ4v) is 10.2. The first-order valence-corrected chi connectivity index (χ1v) is 16.1. The molecule has 40 heavy (non-hydrogen) atoms. The van der Waals surface area contributed by atoms with E-state index in [9.17, 15) is 25.2 Å². The Balaban J connectivity index is 1.07. The number of cyclic esters (lactones) is 1. The number of ether oxygens (including phenoxy) is 3. The topological polar surface area (TPSA) is 126 Å². The number of hydrogen-bond donors (Lipinski definition) is 4. The average molecular weight is 563 g/mol. The van der Waals surface area contributed by atoms with Crippen LogP contribution in [-0.2, 0) is 19.0 Å². The van der Waals surface area contributed by atoms with Gasteiger partial charge in [0.1, 0.15) is 30.5 Å². The lowest BCUT2D eigenvalue weighted by atomic mass is 9.53. The normalized spacial score (nSPS) is 48.1. The Morgan fingerprint density at radius 2 is 1.52 bits per heavy atom. The maximum atomic E-state index is 13.1. The number of carbonyl (C=O) groups excluding carboxylic acids is 1. The van der Waals surface area contributed by atoms with Crippen molar-refractivity contribution in [2.24, 2.45) is 47.3 Å². The Hall–Kier alpha value is -1.03. The van der Waals surface area contributed by atoms with Gasteiger partial charge in [0.25, 0.3) is 0 Å². The Labute approximate surface area is 238 Å². The molecule has 6 rings (SSSR count). The second-order valence-corrected chi connectivity index (χ2v) is 14.0. The summed E-state index contributed by atoms with van der Waals surface area (Å²) in [4.78, 5) is 13.1. The van der Waals surface area contributed by atoms with E-state index >= 15 is 0 Å². The van der Waals surface area contributed by atoms with E-state index in [4.69, 9.17) is 14.2 Å². The lowest BCUT2D eigenvalue weighted by molar-refractivity contribution is -0.299. The van der Waals surface area contributed by atoms with Crippen molar-refractivity contribution in [1.82, 2.24) is 0 Å². The lowest BCUT2D eigenvalue weighted by Gasteiger charge is -2.52. The maximum absolute atomic E-state index is 13.1. The van der Waals surface area contributed by atoms with Gasteiger partial charge in [0, 0.05) is 6.42 Å². The number of aliphatic hydroxyl groups excluding tert-OH is 4. The number of rotatable bonds is 6. The predicted octanol–water partition coefficient (Wildman–Crippen LogP) is 3.34. The van der Waals surface area contributed by atoms with Crippen LogP contribution in [0.2, 0.25) is 0 Å². The molecule has 6 aliphatic rings. The minimum atomic E-state index is -1.52. The summed E-state index contributed by atoms with van der Waals surface area (Å²) < 4.78 is 17.1. The second-order valence-electron chi connectivity index (χ2n) is 14.0. The molecule has 14 atom stereocenters. The highest BCUT2D eigenvalue weighted by Crippen LogP contribution is 2.60. The van der Waals surface area contributed by atoms with Gasteiger partial charge in [0.05, 0.1) is 18.8 Å². The second kappa shape index (κ2) is 11.9. The van der Waals surface area contributed by atoms with Crippen LogP contribution in [0.15, 0.2) is 11.1 Å². The zero-order valence-corrected chi connectivity index (χ0v) is 24.2. The van der Waals surface area contributed by atoms with Gasteiger partial charge in [0.2, 0.25) is 0 Å². The highest BCUT2D eigenvalue weighted by molar-refractivity contribution is 5.90. The first-order valence-electron chi connectivity index (χ1n) is 16.1. The Kier molecular flexibility index (Phi) is 8.66. The molecule has 0 radical (unpaired) electrons. The molecule has 8 nitrogen and oxygen atoms in total. The summed E-state index contributed by atoms with van der Waals surface area (Å²) in [6.45, 7) is 3.57. The first-order chi connectivity index (χ1) is 19.3. The summed E-state index contributed by atoms with van der Waals surface area (Å²) in [7, 11) is 0. The van der Waals surface area contributed by atoms with Crippen molar-refractivity contribution in [1.29, 1.82) is 0 Å². The summed E-state index contributed by atoms with van der Waals surface area (Å²) in [6, 6.07) is 0. The highest BCUT2D eigenvalue weighted by Gasteiger charge is 2.53. The summed E-state index contributed by atoms with van der Waals surface area (Å²) in [6.07, 6.45) is 7.79. The minimum absolute atomic E-state index is 0.131. The van der Waals surface area contributed by atoms with Gasteiger partial charge in [-0.15, -0.1) is 0 Å². The van der Waals surface area contributed by atoms with E-state index in [0.29, 0.717) is 23.8 Å². The molecule has 5 fully saturated rings. The molecule has 4 saturated carbocycles. The fraction of sp³-hybridized carbons (Fsp3) is 0.906. The standard InChI is InChI=1S/C32H50O8/c1-16-13-26(39-31(37)25(16)15-38-32-30(36)29(35)28(34)27(14-33)40-32)17(2)19-9-10-24-21(19)11-12-22-20-6-4-3-5-18(20)7-8-23(22)24/h17-24,26-30,32-36H,3-15H2,1-2H3/t17?,18?,19?,20?,21?,22?,23?,24?,26?,27-,28-,29+,30-,32-/m1/s1. The van der Waals surface area contributed by atoms with E-state index < -0.39 is 37.3 Å². The van der Waals surface area contributed by atoms with Crippen molar-refractivity contribution < 1.29 is 39.4 Å². The van der Waals surface area contributed by atoms with Crippen molar-refractivity contribution in [2.75, 3.05) is 13.2 Å². The molecule has 2 aliphatic heterocycles. The number of esters is 1. The first kappa shape index (κ1) is 29.1. The number of fused-ring (bicyclic) bond motifs is 5. The third kappa shape index (κ3) is 5.19. The lowest BCUT2D eigenvalue weighted by Crippen LogP contribution is -2.59. The van der Waals surface area contributed by atoms with Crippen LogP contribution in [0.25, 0.3) is 0 Å². The van der Waals surface area contributed by atoms with Crippen LogP contribution in [0.4, 0.5) is 0 Å². The molecule has 8 heteroatoms. The highest BCUT2D eigenvalue weighted by atomic mass is 16.7. The summed E-state index contributed by atoms with van der Waals surface area (Å²) in [5.41, 5.74) is 1.33. The molecule has 0 amide bonds. The molecule has 4 N–H and O–H groups in total. The molecular formula is C32H50O8. The molecule has 1 saturated heterocycles. The van der Waals surface area contributed by atoms with Gasteiger partial charge in [0.15, 0.2) is 6.29 Å². The molecule has 4 aliphatic carbocycles. The van der Waals surface area contributed by atoms with Crippen LogP contribution in [0.1, 0.15) is 84.5 Å². The van der Waals surface area contributed by atoms with Crippen molar-refractivity contribution in [3.63, 3.8) is 0 Å². The van der Waals surface area contributed by atoms with Crippen molar-refractivity contribution in [3.05, 3.63) is 11.1 Å². The smallest absolute Gasteiger partial charge is 0.336 e. The molecule has 0 aromatic carbocycles. The van der Waals surface area contributed by atoms with Gasteiger partial charge in [-0.25, -0.2) is 4.79 Å². The predicted molar refractivity (Wildman–Crippen MR) is 147 cm³/mol. The molecule has 0 aromatic rings. The van der Waals surface area contributed by atoms with Crippen LogP contribution < -0.4 is 0 Å². The average Bonchev–Trinajstić information content (AvgIpc) is 3.40. The molecular weight excluding hydrogens is 512 g/mol. The maximum Gasteiger partial charge on any atom is 0.336 e. The van der Waals surface area contributed by atoms with Gasteiger partial charge in [-0.05, 0) is 99.2 Å². The van der Waals surface area contributed by atoms with Crippen LogP contribution in [0.5, 0.6) is 0 Å². The van der Waals surface area contributed by atoms with Crippen LogP contribution in [0.3, 0.4) is 0 Å². The summed E-state index contributed by atoms with van der Waals surface area (Å²) in [5, 5.41) is 39.7. The van der Waals surface area contributed by atoms with Gasteiger partial charge >= 0.3 is 5.97 Å². The van der Waals surface area contributed by atoms with Crippen molar-refractivity contribution in [3.8, 4) is 0 Å². The van der Waals surface area contributed by atoms with Crippen molar-refractivity contribution in [2.45, 2.75) is 121 Å². The van der Waals surface area contributed by atoms with Gasteiger partial charge in [-0.1, -0.05) is 31.8 Å². The van der Waals surface area contributed by atoms with Crippen LogP contribution in [-0.4, -0.2) is 76.4 Å². The Morgan fingerprint density at radius 1 is 0.850 bits per heavy atom. The summed E-state index contributed by atoms with van der Waals surface area (Å²) in [5.74, 6) is 5.99. The van der Waals surface area contributed by atoms with Crippen LogP contribution >= 0.6 is 0 Å². The molecule has 226 valence electrons. The Bertz CT molecular complexity index is 949. The van der Waals surface area contributed by atoms with E-state index in [2.05, 4.69) is 6.92 Å².